The Bertz CT molecular complexity index is 780. The minimum Gasteiger partial charge on any atom is -0.361 e. The van der Waals surface area contributed by atoms with Crippen molar-refractivity contribution in [1.29, 1.82) is 0 Å². The maximum absolute atomic E-state index is 6.12. The van der Waals surface area contributed by atoms with E-state index in [9.17, 15) is 0 Å². The Morgan fingerprint density at radius 3 is 2.88 bits per heavy atom. The smallest absolute Gasteiger partial charge is 0.140 e. The Labute approximate surface area is 161 Å². The molecule has 0 N–H and O–H groups in total. The van der Waals surface area contributed by atoms with Gasteiger partial charge in [0.25, 0.3) is 0 Å². The molecule has 1 aliphatic heterocycles. The van der Waals surface area contributed by atoms with Crippen molar-refractivity contribution in [2.45, 2.75) is 51.4 Å². The molecule has 0 bridgehead atoms. The van der Waals surface area contributed by atoms with Gasteiger partial charge in [-0.25, -0.2) is 0 Å². The summed E-state index contributed by atoms with van der Waals surface area (Å²) in [5, 5.41) is 5.14. The molecule has 2 aromatic rings. The Morgan fingerprint density at radius 2 is 2.04 bits per heavy atom. The molecule has 2 heterocycles. The van der Waals surface area contributed by atoms with E-state index in [2.05, 4.69) is 28.3 Å². The summed E-state index contributed by atoms with van der Waals surface area (Å²) in [6.45, 7) is 3.26. The SMILES string of the molecule is Clc1cccc(C2=CCN(CCCc3onc4c3CCCCC4)CC2)c1. The Hall–Kier alpha value is -1.58. The lowest BCUT2D eigenvalue weighted by molar-refractivity contribution is 0.290. The first kappa shape index (κ1) is 17.8. The number of aryl methyl sites for hydroxylation is 2. The van der Waals surface area contributed by atoms with Crippen LogP contribution >= 0.6 is 11.6 Å². The van der Waals surface area contributed by atoms with Gasteiger partial charge in [-0.3, -0.25) is 4.90 Å². The third kappa shape index (κ3) is 4.21. The topological polar surface area (TPSA) is 29.3 Å². The average molecular weight is 371 g/mol. The number of benzene rings is 1. The minimum absolute atomic E-state index is 0.817. The van der Waals surface area contributed by atoms with E-state index in [1.807, 2.05) is 12.1 Å². The van der Waals surface area contributed by atoms with Crippen LogP contribution in [0.4, 0.5) is 0 Å². The maximum atomic E-state index is 6.12. The maximum Gasteiger partial charge on any atom is 0.140 e. The van der Waals surface area contributed by atoms with Crippen LogP contribution in [0, 0.1) is 0 Å². The van der Waals surface area contributed by atoms with Crippen molar-refractivity contribution >= 4 is 17.2 Å². The minimum atomic E-state index is 0.817. The molecule has 0 radical (unpaired) electrons. The van der Waals surface area contributed by atoms with Gasteiger partial charge in [0, 0.05) is 30.1 Å². The van der Waals surface area contributed by atoms with E-state index in [0.29, 0.717) is 0 Å². The third-order valence-corrected chi connectivity index (χ3v) is 5.89. The van der Waals surface area contributed by atoms with Crippen LogP contribution in [0.1, 0.15) is 54.7 Å². The predicted molar refractivity (Wildman–Crippen MR) is 107 cm³/mol. The fourth-order valence-corrected chi connectivity index (χ4v) is 4.35. The molecule has 138 valence electrons. The van der Waals surface area contributed by atoms with Crippen LogP contribution in [-0.2, 0) is 19.3 Å². The number of rotatable bonds is 5. The second-order valence-corrected chi connectivity index (χ2v) is 7.92. The van der Waals surface area contributed by atoms with Crippen molar-refractivity contribution in [3.8, 4) is 0 Å². The second-order valence-electron chi connectivity index (χ2n) is 7.49. The highest BCUT2D eigenvalue weighted by Gasteiger charge is 2.18. The van der Waals surface area contributed by atoms with Gasteiger partial charge in [0.1, 0.15) is 5.76 Å². The molecule has 0 amide bonds. The molecular weight excluding hydrogens is 344 g/mol. The van der Waals surface area contributed by atoms with Gasteiger partial charge in [0.15, 0.2) is 0 Å². The molecular formula is C22H27ClN2O. The summed E-state index contributed by atoms with van der Waals surface area (Å²) in [5.74, 6) is 1.15. The molecule has 1 aromatic heterocycles. The highest BCUT2D eigenvalue weighted by Crippen LogP contribution is 2.26. The molecule has 4 rings (SSSR count). The predicted octanol–water partition coefficient (Wildman–Crippen LogP) is 5.32. The fourth-order valence-electron chi connectivity index (χ4n) is 4.16. The van der Waals surface area contributed by atoms with Gasteiger partial charge in [-0.15, -0.1) is 0 Å². The molecule has 0 spiro atoms. The Balaban J connectivity index is 1.28. The van der Waals surface area contributed by atoms with E-state index in [1.54, 1.807) is 0 Å². The fraction of sp³-hybridized carbons (Fsp3) is 0.500. The van der Waals surface area contributed by atoms with Crippen LogP contribution in [0.2, 0.25) is 5.02 Å². The molecule has 0 saturated heterocycles. The van der Waals surface area contributed by atoms with E-state index in [-0.39, 0.29) is 0 Å². The monoisotopic (exact) mass is 370 g/mol. The number of aromatic nitrogens is 1. The van der Waals surface area contributed by atoms with Crippen LogP contribution in [0.3, 0.4) is 0 Å². The van der Waals surface area contributed by atoms with Crippen molar-refractivity contribution in [2.24, 2.45) is 0 Å². The summed E-state index contributed by atoms with van der Waals surface area (Å²) in [6.07, 6.45) is 11.7. The van der Waals surface area contributed by atoms with E-state index < -0.39 is 0 Å². The summed E-state index contributed by atoms with van der Waals surface area (Å²) in [5.41, 5.74) is 5.33. The number of hydrogen-bond donors (Lipinski definition) is 0. The molecule has 0 unspecified atom stereocenters. The van der Waals surface area contributed by atoms with Gasteiger partial charge < -0.3 is 4.52 Å². The first-order valence-corrected chi connectivity index (χ1v) is 10.3. The van der Waals surface area contributed by atoms with Crippen molar-refractivity contribution in [3.05, 3.63) is 57.9 Å². The van der Waals surface area contributed by atoms with Gasteiger partial charge >= 0.3 is 0 Å². The van der Waals surface area contributed by atoms with Gasteiger partial charge in [-0.05, 0) is 68.3 Å². The first-order valence-electron chi connectivity index (χ1n) is 9.93. The zero-order chi connectivity index (χ0) is 17.8. The van der Waals surface area contributed by atoms with E-state index >= 15 is 0 Å². The largest absolute Gasteiger partial charge is 0.361 e. The first-order chi connectivity index (χ1) is 12.8. The molecule has 0 saturated carbocycles. The van der Waals surface area contributed by atoms with Crippen molar-refractivity contribution in [3.63, 3.8) is 0 Å². The van der Waals surface area contributed by atoms with Crippen LogP contribution in [0.15, 0.2) is 34.9 Å². The summed E-state index contributed by atoms with van der Waals surface area (Å²) in [7, 11) is 0. The Kier molecular flexibility index (Phi) is 5.76. The van der Waals surface area contributed by atoms with Crippen LogP contribution in [0.25, 0.3) is 5.57 Å². The molecule has 26 heavy (non-hydrogen) atoms. The van der Waals surface area contributed by atoms with Crippen LogP contribution < -0.4 is 0 Å². The number of hydrogen-bond acceptors (Lipinski definition) is 3. The second kappa shape index (κ2) is 8.41. The average Bonchev–Trinajstić information content (AvgIpc) is 2.89. The number of fused-ring (bicyclic) bond motifs is 1. The zero-order valence-corrected chi connectivity index (χ0v) is 16.1. The number of nitrogens with zero attached hydrogens (tertiary/aromatic N) is 2. The van der Waals surface area contributed by atoms with E-state index in [1.165, 1.54) is 41.7 Å². The lowest BCUT2D eigenvalue weighted by Gasteiger charge is -2.26. The summed E-state index contributed by atoms with van der Waals surface area (Å²) >= 11 is 6.12. The molecule has 2 aliphatic rings. The third-order valence-electron chi connectivity index (χ3n) is 5.66. The molecule has 1 aliphatic carbocycles. The quantitative estimate of drug-likeness (QED) is 0.667. The molecule has 1 aromatic carbocycles. The zero-order valence-electron chi connectivity index (χ0n) is 15.3. The van der Waals surface area contributed by atoms with Gasteiger partial charge in [0.05, 0.1) is 5.69 Å². The highest BCUT2D eigenvalue weighted by molar-refractivity contribution is 6.30. The van der Waals surface area contributed by atoms with Crippen molar-refractivity contribution < 1.29 is 4.52 Å². The van der Waals surface area contributed by atoms with Gasteiger partial charge in [-0.1, -0.05) is 41.4 Å². The molecule has 0 fully saturated rings. The standard InChI is InChI=1S/C22H27ClN2O/c23-19-7-4-6-18(16-19)17-11-14-25(15-12-17)13-5-10-22-20-8-2-1-3-9-21(20)24-26-22/h4,6-7,11,16H,1-3,5,8-10,12-15H2. The lowest BCUT2D eigenvalue weighted by atomic mass is 9.99. The van der Waals surface area contributed by atoms with Crippen LogP contribution in [0.5, 0.6) is 0 Å². The normalized spacial score (nSPS) is 18.3. The lowest BCUT2D eigenvalue weighted by Crippen LogP contribution is -2.29. The van der Waals surface area contributed by atoms with Crippen molar-refractivity contribution in [1.82, 2.24) is 10.1 Å². The summed E-state index contributed by atoms with van der Waals surface area (Å²) in [6, 6.07) is 8.19. The van der Waals surface area contributed by atoms with Crippen molar-refractivity contribution in [2.75, 3.05) is 19.6 Å². The molecule has 3 nitrogen and oxygen atoms in total. The van der Waals surface area contributed by atoms with E-state index in [4.69, 9.17) is 16.1 Å². The van der Waals surface area contributed by atoms with E-state index in [0.717, 1.165) is 62.5 Å². The van der Waals surface area contributed by atoms with Crippen LogP contribution in [-0.4, -0.2) is 29.7 Å². The summed E-state index contributed by atoms with van der Waals surface area (Å²) < 4.78 is 5.66. The Morgan fingerprint density at radius 1 is 1.12 bits per heavy atom. The molecule has 0 atom stereocenters. The number of halogens is 1. The molecule has 4 heteroatoms. The highest BCUT2D eigenvalue weighted by atomic mass is 35.5. The summed E-state index contributed by atoms with van der Waals surface area (Å²) in [4.78, 5) is 2.53. The van der Waals surface area contributed by atoms with Gasteiger partial charge in [0.2, 0.25) is 0 Å². The van der Waals surface area contributed by atoms with Gasteiger partial charge in [-0.2, -0.15) is 0 Å².